The Hall–Kier alpha value is -3.25. The number of carboxylic acid groups (broad SMARTS) is 1. The van der Waals surface area contributed by atoms with Crippen molar-refractivity contribution in [3.63, 3.8) is 0 Å². The van der Waals surface area contributed by atoms with E-state index in [-0.39, 0.29) is 36.1 Å². The zero-order valence-corrected chi connectivity index (χ0v) is 27.1. The molecular weight excluding hydrogens is 588 g/mol. The van der Waals surface area contributed by atoms with Gasteiger partial charge in [0.25, 0.3) is 0 Å². The molecule has 2 aliphatic rings. The molecule has 45 heavy (non-hydrogen) atoms. The third kappa shape index (κ3) is 10.4. The van der Waals surface area contributed by atoms with Crippen molar-refractivity contribution in [3.8, 4) is 0 Å². The summed E-state index contributed by atoms with van der Waals surface area (Å²) in [6.07, 6.45) is 16.4. The van der Waals surface area contributed by atoms with Gasteiger partial charge >= 0.3 is 11.9 Å². The summed E-state index contributed by atoms with van der Waals surface area (Å²) >= 11 is 6.07. The highest BCUT2D eigenvalue weighted by Gasteiger charge is 2.39. The summed E-state index contributed by atoms with van der Waals surface area (Å²) in [6, 6.07) is 14.8. The molecule has 7 heteroatoms. The van der Waals surface area contributed by atoms with E-state index < -0.39 is 11.9 Å². The first-order chi connectivity index (χ1) is 21.8. The van der Waals surface area contributed by atoms with E-state index >= 15 is 0 Å². The zero-order chi connectivity index (χ0) is 32.0. The molecule has 1 N–H and O–H groups in total. The summed E-state index contributed by atoms with van der Waals surface area (Å²) in [5.41, 5.74) is 2.31. The number of ketones is 2. The van der Waals surface area contributed by atoms with Crippen LogP contribution in [-0.4, -0.2) is 28.6 Å². The average Bonchev–Trinajstić information content (AvgIpc) is 3.04. The lowest BCUT2D eigenvalue weighted by Gasteiger charge is -2.32. The Bertz CT molecular complexity index is 1340. The topological polar surface area (TPSA) is 97.7 Å². The summed E-state index contributed by atoms with van der Waals surface area (Å²) in [4.78, 5) is 50.8. The molecule has 6 nitrogen and oxygen atoms in total. The average molecular weight is 635 g/mol. The molecule has 0 saturated heterocycles. The van der Waals surface area contributed by atoms with Crippen molar-refractivity contribution in [2.45, 2.75) is 121 Å². The largest absolute Gasteiger partial charge is 0.481 e. The van der Waals surface area contributed by atoms with Gasteiger partial charge in [0.05, 0.1) is 5.57 Å². The third-order valence-corrected chi connectivity index (χ3v) is 9.58. The van der Waals surface area contributed by atoms with Crippen LogP contribution in [0.1, 0.15) is 148 Å². The van der Waals surface area contributed by atoms with E-state index in [9.17, 15) is 19.2 Å². The second-order valence-electron chi connectivity index (χ2n) is 12.7. The second-order valence-corrected chi connectivity index (χ2v) is 13.1. The smallest absolute Gasteiger partial charge is 0.311 e. The number of aliphatic carboxylic acids is 1. The van der Waals surface area contributed by atoms with Crippen molar-refractivity contribution in [2.24, 2.45) is 5.92 Å². The monoisotopic (exact) mass is 634 g/mol. The van der Waals surface area contributed by atoms with E-state index in [0.717, 1.165) is 64.2 Å². The molecule has 1 fully saturated rings. The van der Waals surface area contributed by atoms with Crippen LogP contribution in [-0.2, 0) is 14.3 Å². The highest BCUT2D eigenvalue weighted by molar-refractivity contribution is 6.30. The van der Waals surface area contributed by atoms with Gasteiger partial charge < -0.3 is 9.84 Å². The van der Waals surface area contributed by atoms with Gasteiger partial charge in [0, 0.05) is 29.0 Å². The van der Waals surface area contributed by atoms with Crippen LogP contribution >= 0.6 is 11.6 Å². The Labute approximate surface area is 272 Å². The van der Waals surface area contributed by atoms with Crippen LogP contribution in [0.15, 0.2) is 59.9 Å². The summed E-state index contributed by atoms with van der Waals surface area (Å²) in [5, 5.41) is 9.38. The number of hydrogen-bond donors (Lipinski definition) is 1. The predicted molar refractivity (Wildman–Crippen MR) is 177 cm³/mol. The minimum atomic E-state index is -0.709. The normalized spacial score (nSPS) is 18.2. The van der Waals surface area contributed by atoms with Gasteiger partial charge in [-0.1, -0.05) is 112 Å². The Morgan fingerprint density at radius 3 is 1.64 bits per heavy atom. The molecule has 2 aliphatic carbocycles. The zero-order valence-electron chi connectivity index (χ0n) is 26.4. The number of allylic oxidation sites excluding steroid dienone is 2. The Kier molecular flexibility index (Phi) is 13.9. The van der Waals surface area contributed by atoms with Gasteiger partial charge in [-0.15, -0.1) is 0 Å². The van der Waals surface area contributed by atoms with Crippen molar-refractivity contribution in [3.05, 3.63) is 81.6 Å². The van der Waals surface area contributed by atoms with Gasteiger partial charge in [-0.25, -0.2) is 0 Å². The van der Waals surface area contributed by atoms with Crippen LogP contribution in [0, 0.1) is 5.92 Å². The minimum Gasteiger partial charge on any atom is -0.481 e. The number of benzene rings is 2. The van der Waals surface area contributed by atoms with E-state index in [2.05, 4.69) is 12.1 Å². The number of fused-ring (bicyclic) bond motifs is 1. The van der Waals surface area contributed by atoms with Crippen LogP contribution < -0.4 is 0 Å². The van der Waals surface area contributed by atoms with Crippen LogP contribution in [0.4, 0.5) is 0 Å². The fourth-order valence-corrected chi connectivity index (χ4v) is 6.90. The number of esters is 1. The fraction of sp³-hybridized carbons (Fsp3) is 0.526. The molecule has 0 amide bonds. The number of Topliss-reactive ketones (excluding diaryl/α,β-unsaturated/α-hetero) is 2. The number of ether oxygens (including phenoxy) is 1. The minimum absolute atomic E-state index is 0.0551. The maximum absolute atomic E-state index is 13.7. The van der Waals surface area contributed by atoms with Gasteiger partial charge in [0.2, 0.25) is 5.78 Å². The molecular formula is C38H47ClO6. The molecule has 0 heterocycles. The van der Waals surface area contributed by atoms with Crippen molar-refractivity contribution >= 4 is 35.1 Å². The molecule has 0 spiro atoms. The van der Waals surface area contributed by atoms with Crippen LogP contribution in [0.3, 0.4) is 0 Å². The van der Waals surface area contributed by atoms with E-state index in [1.165, 1.54) is 37.7 Å². The maximum atomic E-state index is 13.7. The summed E-state index contributed by atoms with van der Waals surface area (Å²) < 4.78 is 5.77. The quantitative estimate of drug-likeness (QED) is 0.129. The summed E-state index contributed by atoms with van der Waals surface area (Å²) in [7, 11) is 0. The van der Waals surface area contributed by atoms with Crippen LogP contribution in [0.2, 0.25) is 5.02 Å². The molecule has 1 saturated carbocycles. The molecule has 0 bridgehead atoms. The fourth-order valence-electron chi connectivity index (χ4n) is 6.77. The van der Waals surface area contributed by atoms with Gasteiger partial charge in [0.1, 0.15) is 0 Å². The van der Waals surface area contributed by atoms with E-state index in [0.29, 0.717) is 34.1 Å². The molecule has 0 aliphatic heterocycles. The highest BCUT2D eigenvalue weighted by Crippen LogP contribution is 2.42. The number of carboxylic acids is 1. The first kappa shape index (κ1) is 34.6. The number of hydrogen-bond acceptors (Lipinski definition) is 5. The number of rotatable bonds is 18. The molecule has 4 rings (SSSR count). The molecule has 0 unspecified atom stereocenters. The van der Waals surface area contributed by atoms with Crippen molar-refractivity contribution in [2.75, 3.05) is 0 Å². The standard InChI is InChI=1S/C38H47ClO6/c39-30-25-23-28(24-26-30)27-19-21-29(22-20-27)35-36(43)31-15-13-14-16-32(31)37(44)38(35)45-34(42)18-12-10-8-6-4-2-1-3-5-7-9-11-17-33(40)41/h13-16,23-27,29H,1-12,17-22H2,(H,40,41). The van der Waals surface area contributed by atoms with Crippen molar-refractivity contribution in [1.29, 1.82) is 0 Å². The van der Waals surface area contributed by atoms with E-state index in [4.69, 9.17) is 21.4 Å². The van der Waals surface area contributed by atoms with Crippen molar-refractivity contribution < 1.29 is 29.0 Å². The Morgan fingerprint density at radius 2 is 1.11 bits per heavy atom. The summed E-state index contributed by atoms with van der Waals surface area (Å²) in [6.45, 7) is 0. The van der Waals surface area contributed by atoms with Crippen molar-refractivity contribution in [1.82, 2.24) is 0 Å². The lowest BCUT2D eigenvalue weighted by atomic mass is 9.72. The Balaban J connectivity index is 1.22. The third-order valence-electron chi connectivity index (χ3n) is 9.33. The van der Waals surface area contributed by atoms with Gasteiger partial charge in [-0.2, -0.15) is 0 Å². The lowest BCUT2D eigenvalue weighted by Crippen LogP contribution is -2.30. The first-order valence-electron chi connectivity index (χ1n) is 17.0. The Morgan fingerprint density at radius 1 is 0.644 bits per heavy atom. The molecule has 0 aromatic heterocycles. The number of halogens is 1. The van der Waals surface area contributed by atoms with Crippen LogP contribution in [0.25, 0.3) is 0 Å². The summed E-state index contributed by atoms with van der Waals surface area (Å²) in [5.74, 6) is -1.52. The second kappa shape index (κ2) is 18.0. The number of carbonyl (C=O) groups excluding carboxylic acids is 3. The van der Waals surface area contributed by atoms with Gasteiger partial charge in [0.15, 0.2) is 11.5 Å². The van der Waals surface area contributed by atoms with Gasteiger partial charge in [-0.05, 0) is 68.1 Å². The first-order valence-corrected chi connectivity index (χ1v) is 17.3. The van der Waals surface area contributed by atoms with Crippen LogP contribution in [0.5, 0.6) is 0 Å². The molecule has 2 aromatic rings. The molecule has 0 radical (unpaired) electrons. The maximum Gasteiger partial charge on any atom is 0.311 e. The van der Waals surface area contributed by atoms with E-state index in [1.54, 1.807) is 24.3 Å². The van der Waals surface area contributed by atoms with Gasteiger partial charge in [-0.3, -0.25) is 19.2 Å². The molecule has 0 atom stereocenters. The molecule has 242 valence electrons. The number of unbranched alkanes of at least 4 members (excludes halogenated alkanes) is 11. The highest BCUT2D eigenvalue weighted by atomic mass is 35.5. The SMILES string of the molecule is O=C(O)CCCCCCCCCCCCCCC(=O)OC1=C(C2CCC(c3ccc(Cl)cc3)CC2)C(=O)c2ccccc2C1=O. The lowest BCUT2D eigenvalue weighted by molar-refractivity contribution is -0.139. The molecule has 2 aromatic carbocycles. The predicted octanol–water partition coefficient (Wildman–Crippen LogP) is 10.0. The van der Waals surface area contributed by atoms with E-state index in [1.807, 2.05) is 12.1 Å². The number of carbonyl (C=O) groups is 4.